The zero-order valence-corrected chi connectivity index (χ0v) is 15.6. The van der Waals surface area contributed by atoms with Crippen molar-refractivity contribution in [1.29, 1.82) is 0 Å². The lowest BCUT2D eigenvalue weighted by molar-refractivity contribution is 0.137. The van der Waals surface area contributed by atoms with Gasteiger partial charge in [-0.1, -0.05) is 41.5 Å². The van der Waals surface area contributed by atoms with Gasteiger partial charge in [-0.2, -0.15) is 0 Å². The highest BCUT2D eigenvalue weighted by atomic mass is 15.2. The maximum Gasteiger partial charge on any atom is 0.00502 e. The highest BCUT2D eigenvalue weighted by Crippen LogP contribution is 2.39. The number of hydrogen-bond donors (Lipinski definition) is 1. The van der Waals surface area contributed by atoms with Gasteiger partial charge in [0.2, 0.25) is 0 Å². The number of nitrogens with zero attached hydrogens (tertiary/aromatic N) is 1. The van der Waals surface area contributed by atoms with E-state index in [1.54, 1.807) is 0 Å². The summed E-state index contributed by atoms with van der Waals surface area (Å²) in [6, 6.07) is 0. The van der Waals surface area contributed by atoms with Crippen molar-refractivity contribution in [2.24, 2.45) is 16.7 Å². The molecular formula is C19H40N2. The molecule has 0 radical (unpaired) electrons. The van der Waals surface area contributed by atoms with Crippen molar-refractivity contribution in [1.82, 2.24) is 10.2 Å². The minimum atomic E-state index is 0.465. The van der Waals surface area contributed by atoms with Crippen LogP contribution in [-0.4, -0.2) is 37.6 Å². The SMILES string of the molecule is CCC1(CC)CCN(CC(CC)(CC)CNCC(C)C)C1. The molecule has 1 heterocycles. The Hall–Kier alpha value is -0.0800. The van der Waals surface area contributed by atoms with Gasteiger partial charge < -0.3 is 10.2 Å². The summed E-state index contributed by atoms with van der Waals surface area (Å²) in [7, 11) is 0. The molecule has 2 nitrogen and oxygen atoms in total. The first-order valence-corrected chi connectivity index (χ1v) is 9.38. The van der Waals surface area contributed by atoms with E-state index in [1.807, 2.05) is 0 Å². The van der Waals surface area contributed by atoms with Crippen LogP contribution in [-0.2, 0) is 0 Å². The maximum absolute atomic E-state index is 3.72. The molecule has 0 aromatic rings. The van der Waals surface area contributed by atoms with Gasteiger partial charge in [-0.15, -0.1) is 0 Å². The first-order chi connectivity index (χ1) is 9.94. The highest BCUT2D eigenvalue weighted by Gasteiger charge is 2.38. The van der Waals surface area contributed by atoms with Crippen molar-refractivity contribution in [3.8, 4) is 0 Å². The van der Waals surface area contributed by atoms with Crippen molar-refractivity contribution in [2.75, 3.05) is 32.7 Å². The van der Waals surface area contributed by atoms with Crippen LogP contribution in [0, 0.1) is 16.7 Å². The molecule has 1 saturated heterocycles. The van der Waals surface area contributed by atoms with E-state index in [9.17, 15) is 0 Å². The third kappa shape index (κ3) is 5.25. The molecule has 0 bridgehead atoms. The Balaban J connectivity index is 2.58. The average molecular weight is 297 g/mol. The highest BCUT2D eigenvalue weighted by molar-refractivity contribution is 4.92. The van der Waals surface area contributed by atoms with E-state index in [0.717, 1.165) is 12.5 Å². The summed E-state index contributed by atoms with van der Waals surface area (Å²) in [4.78, 5) is 2.76. The number of nitrogens with one attached hydrogen (secondary N) is 1. The summed E-state index contributed by atoms with van der Waals surface area (Å²) in [6.45, 7) is 20.4. The molecule has 0 amide bonds. The molecule has 1 aliphatic heterocycles. The first-order valence-electron chi connectivity index (χ1n) is 9.38. The van der Waals surface area contributed by atoms with Gasteiger partial charge >= 0.3 is 0 Å². The standard InChI is InChI=1S/C19H40N2/c1-7-18(8-2)11-12-21(15-18)16-19(9-3,10-4)14-20-13-17(5)6/h17,20H,7-16H2,1-6H3. The van der Waals surface area contributed by atoms with Crippen LogP contribution in [0.2, 0.25) is 0 Å². The Bertz CT molecular complexity index is 277. The van der Waals surface area contributed by atoms with Crippen LogP contribution in [0.1, 0.15) is 73.6 Å². The maximum atomic E-state index is 3.72. The van der Waals surface area contributed by atoms with E-state index in [1.165, 1.54) is 58.3 Å². The second kappa shape index (κ2) is 8.53. The van der Waals surface area contributed by atoms with Crippen molar-refractivity contribution < 1.29 is 0 Å². The Kier molecular flexibility index (Phi) is 7.70. The monoisotopic (exact) mass is 296 g/mol. The zero-order chi connectivity index (χ0) is 15.9. The molecule has 1 N–H and O–H groups in total. The van der Waals surface area contributed by atoms with Crippen molar-refractivity contribution in [2.45, 2.75) is 73.6 Å². The molecule has 1 rings (SSSR count). The van der Waals surface area contributed by atoms with Gasteiger partial charge in [0.05, 0.1) is 0 Å². The Labute approximate surface area is 134 Å². The predicted octanol–water partition coefficient (Wildman–Crippen LogP) is 4.55. The molecule has 0 spiro atoms. The molecule has 0 aliphatic carbocycles. The van der Waals surface area contributed by atoms with Crippen LogP contribution in [0.3, 0.4) is 0 Å². The van der Waals surface area contributed by atoms with Crippen LogP contribution in [0.5, 0.6) is 0 Å². The quantitative estimate of drug-likeness (QED) is 0.636. The van der Waals surface area contributed by atoms with E-state index in [2.05, 4.69) is 51.8 Å². The fourth-order valence-corrected chi connectivity index (χ4v) is 3.87. The molecule has 0 aromatic carbocycles. The number of rotatable bonds is 10. The van der Waals surface area contributed by atoms with Gasteiger partial charge in [0.25, 0.3) is 0 Å². The number of hydrogen-bond acceptors (Lipinski definition) is 2. The second-order valence-corrected chi connectivity index (χ2v) is 7.90. The minimum absolute atomic E-state index is 0.465. The molecule has 0 unspecified atom stereocenters. The van der Waals surface area contributed by atoms with Crippen molar-refractivity contribution in [3.05, 3.63) is 0 Å². The zero-order valence-electron chi connectivity index (χ0n) is 15.6. The normalized spacial score (nSPS) is 19.6. The third-order valence-electron chi connectivity index (χ3n) is 6.13. The van der Waals surface area contributed by atoms with Gasteiger partial charge in [-0.3, -0.25) is 0 Å². The van der Waals surface area contributed by atoms with Crippen LogP contribution in [0.25, 0.3) is 0 Å². The molecule has 1 fully saturated rings. The number of likely N-dealkylation sites (tertiary alicyclic amines) is 1. The lowest BCUT2D eigenvalue weighted by Crippen LogP contribution is -2.44. The summed E-state index contributed by atoms with van der Waals surface area (Å²) in [6.07, 6.45) is 6.67. The van der Waals surface area contributed by atoms with Gasteiger partial charge in [0.1, 0.15) is 0 Å². The average Bonchev–Trinajstić information content (AvgIpc) is 2.89. The molecule has 0 saturated carbocycles. The van der Waals surface area contributed by atoms with E-state index >= 15 is 0 Å². The fourth-order valence-electron chi connectivity index (χ4n) is 3.87. The predicted molar refractivity (Wildman–Crippen MR) is 94.8 cm³/mol. The molecule has 0 atom stereocenters. The lowest BCUT2D eigenvalue weighted by Gasteiger charge is -2.37. The van der Waals surface area contributed by atoms with E-state index < -0.39 is 0 Å². The summed E-state index contributed by atoms with van der Waals surface area (Å²) < 4.78 is 0. The summed E-state index contributed by atoms with van der Waals surface area (Å²) in [5.41, 5.74) is 1.07. The molecule has 126 valence electrons. The second-order valence-electron chi connectivity index (χ2n) is 7.90. The van der Waals surface area contributed by atoms with Gasteiger partial charge in [0.15, 0.2) is 0 Å². The van der Waals surface area contributed by atoms with Crippen LogP contribution < -0.4 is 5.32 Å². The lowest BCUT2D eigenvalue weighted by atomic mass is 9.80. The summed E-state index contributed by atoms with van der Waals surface area (Å²) >= 11 is 0. The van der Waals surface area contributed by atoms with Gasteiger partial charge in [-0.05, 0) is 61.9 Å². The van der Waals surface area contributed by atoms with E-state index in [-0.39, 0.29) is 0 Å². The molecule has 1 aliphatic rings. The Morgan fingerprint density at radius 2 is 1.71 bits per heavy atom. The Morgan fingerprint density at radius 1 is 1.10 bits per heavy atom. The topological polar surface area (TPSA) is 15.3 Å². The van der Waals surface area contributed by atoms with Crippen molar-refractivity contribution >= 4 is 0 Å². The largest absolute Gasteiger partial charge is 0.316 e. The van der Waals surface area contributed by atoms with Crippen LogP contribution >= 0.6 is 0 Å². The summed E-state index contributed by atoms with van der Waals surface area (Å²) in [5.74, 6) is 0.746. The smallest absolute Gasteiger partial charge is 0.00502 e. The van der Waals surface area contributed by atoms with Gasteiger partial charge in [-0.25, -0.2) is 0 Å². The minimum Gasteiger partial charge on any atom is -0.316 e. The first kappa shape index (κ1) is 19.0. The van der Waals surface area contributed by atoms with Gasteiger partial charge in [0, 0.05) is 19.6 Å². The van der Waals surface area contributed by atoms with Crippen LogP contribution in [0.15, 0.2) is 0 Å². The molecule has 0 aromatic heterocycles. The molecular weight excluding hydrogens is 256 g/mol. The summed E-state index contributed by atoms with van der Waals surface area (Å²) in [5, 5.41) is 3.72. The van der Waals surface area contributed by atoms with Crippen molar-refractivity contribution in [3.63, 3.8) is 0 Å². The molecule has 2 heteroatoms. The Morgan fingerprint density at radius 3 is 2.14 bits per heavy atom. The molecule has 21 heavy (non-hydrogen) atoms. The fraction of sp³-hybridized carbons (Fsp3) is 1.00. The third-order valence-corrected chi connectivity index (χ3v) is 6.13. The van der Waals surface area contributed by atoms with E-state index in [0.29, 0.717) is 10.8 Å². The van der Waals surface area contributed by atoms with E-state index in [4.69, 9.17) is 0 Å². The van der Waals surface area contributed by atoms with Crippen LogP contribution in [0.4, 0.5) is 0 Å².